The van der Waals surface area contributed by atoms with Crippen LogP contribution in [0, 0.1) is 13.3 Å². The fraction of sp³-hybridized carbons (Fsp3) is 0.462. The van der Waals surface area contributed by atoms with Crippen molar-refractivity contribution < 1.29 is 0 Å². The lowest BCUT2D eigenvalue weighted by molar-refractivity contribution is 0.699. The van der Waals surface area contributed by atoms with E-state index in [4.69, 9.17) is 0 Å². The lowest BCUT2D eigenvalue weighted by Crippen LogP contribution is -2.14. The molecule has 0 fully saturated rings. The van der Waals surface area contributed by atoms with Crippen LogP contribution in [0.15, 0.2) is 24.3 Å². The minimum atomic E-state index is 0.550. The molecule has 0 saturated carbocycles. The summed E-state index contributed by atoms with van der Waals surface area (Å²) in [6, 6.07) is 9.11. The summed E-state index contributed by atoms with van der Waals surface area (Å²) in [6.45, 7) is 6.45. The molecule has 0 amide bonds. The Bertz CT molecular complexity index is 250. The summed E-state index contributed by atoms with van der Waals surface area (Å²) in [5.74, 6) is 0. The van der Waals surface area contributed by atoms with Crippen molar-refractivity contribution in [3.8, 4) is 0 Å². The Labute approximate surface area is 87.5 Å². The van der Waals surface area contributed by atoms with Crippen molar-refractivity contribution in [3.05, 3.63) is 36.2 Å². The fourth-order valence-corrected chi connectivity index (χ4v) is 1.42. The van der Waals surface area contributed by atoms with Crippen molar-refractivity contribution in [2.45, 2.75) is 39.7 Å². The van der Waals surface area contributed by atoms with Crippen LogP contribution >= 0.6 is 0 Å². The van der Waals surface area contributed by atoms with Crippen molar-refractivity contribution in [1.82, 2.24) is 0 Å². The van der Waals surface area contributed by atoms with Crippen molar-refractivity contribution >= 4 is 5.69 Å². The fourth-order valence-electron chi connectivity index (χ4n) is 1.42. The highest BCUT2D eigenvalue weighted by molar-refractivity contribution is 5.44. The quantitative estimate of drug-likeness (QED) is 0.744. The van der Waals surface area contributed by atoms with Gasteiger partial charge in [0.05, 0.1) is 0 Å². The Morgan fingerprint density at radius 1 is 1.29 bits per heavy atom. The smallest absolute Gasteiger partial charge is 0.0342 e. The first kappa shape index (κ1) is 11.1. The Balaban J connectivity index is 2.39. The average Bonchev–Trinajstić information content (AvgIpc) is 2.18. The van der Waals surface area contributed by atoms with Crippen molar-refractivity contribution in [2.75, 3.05) is 5.32 Å². The van der Waals surface area contributed by atoms with E-state index in [0.29, 0.717) is 6.04 Å². The molecule has 0 aromatic heterocycles. The van der Waals surface area contributed by atoms with Gasteiger partial charge in [0.2, 0.25) is 0 Å². The molecule has 0 bridgehead atoms. The zero-order chi connectivity index (χ0) is 10.4. The molecule has 1 N–H and O–H groups in total. The van der Waals surface area contributed by atoms with Gasteiger partial charge < -0.3 is 5.32 Å². The molecular formula is C13H20N. The summed E-state index contributed by atoms with van der Waals surface area (Å²) >= 11 is 0. The third-order valence-corrected chi connectivity index (χ3v) is 2.35. The van der Waals surface area contributed by atoms with Crippen LogP contribution in [0.1, 0.15) is 32.3 Å². The standard InChI is InChI=1S/C13H20N/c1-4-5-6-12(3)14-13-9-7-11(2)8-10-13/h4,7-10,12,14H,5-6H2,1-3H3. The maximum Gasteiger partial charge on any atom is 0.0342 e. The highest BCUT2D eigenvalue weighted by Gasteiger charge is 2.00. The molecule has 0 spiro atoms. The first-order valence-corrected chi connectivity index (χ1v) is 5.33. The number of nitrogens with one attached hydrogen (secondary N) is 1. The molecule has 77 valence electrons. The minimum Gasteiger partial charge on any atom is -0.383 e. The molecule has 1 aromatic carbocycles. The number of aryl methyl sites for hydroxylation is 1. The SMILES string of the molecule is C[CH]CCC(C)Nc1ccc(C)cc1. The van der Waals surface area contributed by atoms with E-state index in [1.54, 1.807) is 0 Å². The number of anilines is 1. The third kappa shape index (κ3) is 3.82. The first-order chi connectivity index (χ1) is 6.72. The Kier molecular flexibility index (Phi) is 4.51. The number of hydrogen-bond donors (Lipinski definition) is 1. The van der Waals surface area contributed by atoms with Gasteiger partial charge in [0, 0.05) is 11.7 Å². The average molecular weight is 190 g/mol. The lowest BCUT2D eigenvalue weighted by atomic mass is 10.1. The van der Waals surface area contributed by atoms with Gasteiger partial charge in [0.15, 0.2) is 0 Å². The molecule has 0 aliphatic heterocycles. The molecule has 1 nitrogen and oxygen atoms in total. The molecule has 0 heterocycles. The van der Waals surface area contributed by atoms with Gasteiger partial charge in [0.1, 0.15) is 0 Å². The summed E-state index contributed by atoms with van der Waals surface area (Å²) in [5, 5.41) is 3.48. The van der Waals surface area contributed by atoms with E-state index in [1.165, 1.54) is 24.1 Å². The summed E-state index contributed by atoms with van der Waals surface area (Å²) in [6.07, 6.45) is 4.59. The van der Waals surface area contributed by atoms with E-state index in [9.17, 15) is 0 Å². The summed E-state index contributed by atoms with van der Waals surface area (Å²) in [7, 11) is 0. The number of rotatable bonds is 5. The maximum absolute atomic E-state index is 3.48. The molecule has 1 aromatic rings. The second kappa shape index (κ2) is 5.69. The molecule has 1 heteroatoms. The van der Waals surface area contributed by atoms with Gasteiger partial charge in [-0.15, -0.1) is 0 Å². The molecule has 1 atom stereocenters. The molecule has 0 aliphatic rings. The maximum atomic E-state index is 3.48. The van der Waals surface area contributed by atoms with Gasteiger partial charge >= 0.3 is 0 Å². The van der Waals surface area contributed by atoms with Crippen LogP contribution < -0.4 is 5.32 Å². The Morgan fingerprint density at radius 3 is 2.50 bits per heavy atom. The largest absolute Gasteiger partial charge is 0.383 e. The molecule has 1 radical (unpaired) electrons. The lowest BCUT2D eigenvalue weighted by Gasteiger charge is -2.14. The van der Waals surface area contributed by atoms with Crippen LogP contribution in [0.5, 0.6) is 0 Å². The normalized spacial score (nSPS) is 12.5. The predicted octanol–water partition coefficient (Wildman–Crippen LogP) is 3.80. The molecule has 1 rings (SSSR count). The van der Waals surface area contributed by atoms with Gasteiger partial charge in [-0.05, 0) is 45.2 Å². The second-order valence-electron chi connectivity index (χ2n) is 3.90. The predicted molar refractivity (Wildman–Crippen MR) is 63.5 cm³/mol. The van der Waals surface area contributed by atoms with Crippen molar-refractivity contribution in [3.63, 3.8) is 0 Å². The summed E-state index contributed by atoms with van der Waals surface area (Å²) < 4.78 is 0. The van der Waals surface area contributed by atoms with Crippen molar-refractivity contribution in [2.24, 2.45) is 0 Å². The van der Waals surface area contributed by atoms with Crippen LogP contribution in [0.2, 0.25) is 0 Å². The zero-order valence-corrected chi connectivity index (χ0v) is 9.38. The van der Waals surface area contributed by atoms with E-state index >= 15 is 0 Å². The van der Waals surface area contributed by atoms with Gasteiger partial charge in [-0.2, -0.15) is 0 Å². The number of hydrogen-bond acceptors (Lipinski definition) is 1. The van der Waals surface area contributed by atoms with Crippen LogP contribution in [-0.2, 0) is 0 Å². The molecule has 14 heavy (non-hydrogen) atoms. The Hall–Kier alpha value is -0.980. The van der Waals surface area contributed by atoms with Crippen LogP contribution in [0.3, 0.4) is 0 Å². The third-order valence-electron chi connectivity index (χ3n) is 2.35. The van der Waals surface area contributed by atoms with Gasteiger partial charge in [-0.1, -0.05) is 24.6 Å². The number of unbranched alkanes of at least 4 members (excludes halogenated alkanes) is 1. The van der Waals surface area contributed by atoms with E-state index in [-0.39, 0.29) is 0 Å². The van der Waals surface area contributed by atoms with Gasteiger partial charge in [0.25, 0.3) is 0 Å². The van der Waals surface area contributed by atoms with Crippen LogP contribution in [0.4, 0.5) is 5.69 Å². The van der Waals surface area contributed by atoms with E-state index in [2.05, 4.69) is 56.8 Å². The topological polar surface area (TPSA) is 12.0 Å². The molecular weight excluding hydrogens is 170 g/mol. The molecule has 0 aliphatic carbocycles. The molecule has 1 unspecified atom stereocenters. The highest BCUT2D eigenvalue weighted by Crippen LogP contribution is 2.12. The zero-order valence-electron chi connectivity index (χ0n) is 9.38. The monoisotopic (exact) mass is 190 g/mol. The highest BCUT2D eigenvalue weighted by atomic mass is 14.9. The Morgan fingerprint density at radius 2 is 1.93 bits per heavy atom. The van der Waals surface area contributed by atoms with E-state index in [0.717, 1.165) is 0 Å². The van der Waals surface area contributed by atoms with Gasteiger partial charge in [-0.3, -0.25) is 0 Å². The van der Waals surface area contributed by atoms with E-state index < -0.39 is 0 Å². The number of benzene rings is 1. The summed E-state index contributed by atoms with van der Waals surface area (Å²) in [4.78, 5) is 0. The second-order valence-corrected chi connectivity index (χ2v) is 3.90. The summed E-state index contributed by atoms with van der Waals surface area (Å²) in [5.41, 5.74) is 2.53. The minimum absolute atomic E-state index is 0.550. The van der Waals surface area contributed by atoms with Crippen molar-refractivity contribution in [1.29, 1.82) is 0 Å². The van der Waals surface area contributed by atoms with Gasteiger partial charge in [-0.25, -0.2) is 0 Å². The first-order valence-electron chi connectivity index (χ1n) is 5.33. The molecule has 0 saturated heterocycles. The van der Waals surface area contributed by atoms with Crippen LogP contribution in [0.25, 0.3) is 0 Å². The van der Waals surface area contributed by atoms with Crippen LogP contribution in [-0.4, -0.2) is 6.04 Å². The van der Waals surface area contributed by atoms with E-state index in [1.807, 2.05) is 0 Å².